The summed E-state index contributed by atoms with van der Waals surface area (Å²) < 4.78 is 16.7. The van der Waals surface area contributed by atoms with Crippen molar-refractivity contribution in [1.29, 1.82) is 0 Å². The van der Waals surface area contributed by atoms with Crippen LogP contribution in [0, 0.1) is 17.8 Å². The third kappa shape index (κ3) is 1.99. The van der Waals surface area contributed by atoms with Gasteiger partial charge in [-0.15, -0.1) is 0 Å². The molecule has 4 unspecified atom stereocenters. The Morgan fingerprint density at radius 1 is 1.00 bits per heavy atom. The van der Waals surface area contributed by atoms with Gasteiger partial charge in [-0.3, -0.25) is 4.79 Å². The van der Waals surface area contributed by atoms with Gasteiger partial charge >= 0.3 is 8.80 Å². The minimum atomic E-state index is -2.51. The zero-order valence-corrected chi connectivity index (χ0v) is 12.1. The summed E-state index contributed by atoms with van der Waals surface area (Å²) >= 11 is 0. The van der Waals surface area contributed by atoms with Gasteiger partial charge < -0.3 is 13.3 Å². The second kappa shape index (κ2) is 4.80. The summed E-state index contributed by atoms with van der Waals surface area (Å²) in [6.45, 7) is 1.72. The van der Waals surface area contributed by atoms with Crippen LogP contribution in [0.3, 0.4) is 0 Å². The molecule has 2 saturated carbocycles. The average molecular weight is 258 g/mol. The molecule has 0 aromatic heterocycles. The highest BCUT2D eigenvalue weighted by molar-refractivity contribution is 6.62. The molecule has 98 valence electrons. The first-order chi connectivity index (χ1) is 8.07. The first-order valence-corrected chi connectivity index (χ1v) is 8.04. The smallest absolute Gasteiger partial charge is 0.377 e. The summed E-state index contributed by atoms with van der Waals surface area (Å²) in [6.07, 6.45) is 3.16. The monoisotopic (exact) mass is 258 g/mol. The molecule has 0 radical (unpaired) electrons. The molecule has 0 aromatic carbocycles. The second-order valence-electron chi connectivity index (χ2n) is 5.27. The van der Waals surface area contributed by atoms with Crippen LogP contribution in [-0.4, -0.2) is 35.9 Å². The van der Waals surface area contributed by atoms with Crippen LogP contribution < -0.4 is 0 Å². The Hall–Kier alpha value is -0.233. The highest BCUT2D eigenvalue weighted by atomic mass is 28.4. The molecule has 0 amide bonds. The molecule has 0 N–H and O–H groups in total. The standard InChI is InChI=1S/C12H22O4Si/c1-8(13)11-6-10-5-9(11)7-12(10)17(14-2,15-3)16-4/h9-12H,5-7H2,1-4H3. The van der Waals surface area contributed by atoms with Crippen molar-refractivity contribution in [3.05, 3.63) is 0 Å². The molecule has 4 nitrogen and oxygen atoms in total. The molecule has 2 bridgehead atoms. The Morgan fingerprint density at radius 2 is 1.59 bits per heavy atom. The summed E-state index contributed by atoms with van der Waals surface area (Å²) in [7, 11) is 2.51. The number of carbonyl (C=O) groups is 1. The molecule has 0 aromatic rings. The van der Waals surface area contributed by atoms with Crippen molar-refractivity contribution in [2.45, 2.75) is 31.7 Å². The fourth-order valence-corrected chi connectivity index (χ4v) is 6.76. The van der Waals surface area contributed by atoms with Crippen molar-refractivity contribution in [3.63, 3.8) is 0 Å². The van der Waals surface area contributed by atoms with Crippen LogP contribution in [0.1, 0.15) is 26.2 Å². The molecule has 2 rings (SSSR count). The number of carbonyl (C=O) groups excluding carboxylic acids is 1. The minimum absolute atomic E-state index is 0.272. The highest BCUT2D eigenvalue weighted by Gasteiger charge is 2.59. The van der Waals surface area contributed by atoms with Crippen LogP contribution >= 0.6 is 0 Å². The van der Waals surface area contributed by atoms with E-state index in [1.54, 1.807) is 28.3 Å². The summed E-state index contributed by atoms with van der Waals surface area (Å²) in [5, 5.41) is 0. The van der Waals surface area contributed by atoms with Gasteiger partial charge in [0.25, 0.3) is 0 Å². The zero-order valence-electron chi connectivity index (χ0n) is 11.1. The van der Waals surface area contributed by atoms with E-state index >= 15 is 0 Å². The van der Waals surface area contributed by atoms with Gasteiger partial charge in [-0.1, -0.05) is 0 Å². The fraction of sp³-hybridized carbons (Fsp3) is 0.917. The van der Waals surface area contributed by atoms with E-state index in [1.165, 1.54) is 0 Å². The van der Waals surface area contributed by atoms with E-state index in [0.717, 1.165) is 19.3 Å². The van der Waals surface area contributed by atoms with Gasteiger partial charge in [0.15, 0.2) is 0 Å². The molecule has 0 heterocycles. The Morgan fingerprint density at radius 3 is 1.94 bits per heavy atom. The largest absolute Gasteiger partial charge is 0.503 e. The van der Waals surface area contributed by atoms with Crippen LogP contribution in [0.15, 0.2) is 0 Å². The predicted octanol–water partition coefficient (Wildman–Crippen LogP) is 1.87. The topological polar surface area (TPSA) is 44.8 Å². The lowest BCUT2D eigenvalue weighted by Gasteiger charge is -2.36. The third-order valence-corrected chi connectivity index (χ3v) is 8.01. The van der Waals surface area contributed by atoms with E-state index in [9.17, 15) is 4.79 Å². The first-order valence-electron chi connectivity index (χ1n) is 6.23. The average Bonchev–Trinajstić information content (AvgIpc) is 2.92. The number of Topliss-reactive ketones (excluding diaryl/α,β-unsaturated/α-hetero) is 1. The summed E-state index contributed by atoms with van der Waals surface area (Å²) in [4.78, 5) is 11.5. The maximum atomic E-state index is 11.5. The van der Waals surface area contributed by atoms with Crippen LogP contribution in [0.5, 0.6) is 0 Å². The molecule has 17 heavy (non-hydrogen) atoms. The van der Waals surface area contributed by atoms with Gasteiger partial charge in [0.2, 0.25) is 0 Å². The lowest BCUT2D eigenvalue weighted by Crippen LogP contribution is -2.50. The molecule has 2 aliphatic carbocycles. The number of fused-ring (bicyclic) bond motifs is 2. The van der Waals surface area contributed by atoms with E-state index in [-0.39, 0.29) is 5.92 Å². The Labute approximate surface area is 104 Å². The Bertz CT molecular complexity index is 295. The van der Waals surface area contributed by atoms with Crippen LogP contribution in [0.4, 0.5) is 0 Å². The summed E-state index contributed by atoms with van der Waals surface area (Å²) in [5.74, 6) is 1.68. The molecule has 4 atom stereocenters. The van der Waals surface area contributed by atoms with Crippen LogP contribution in [0.25, 0.3) is 0 Å². The Balaban J connectivity index is 2.11. The van der Waals surface area contributed by atoms with Crippen LogP contribution in [-0.2, 0) is 18.1 Å². The molecule has 0 aliphatic heterocycles. The van der Waals surface area contributed by atoms with E-state index in [1.807, 2.05) is 0 Å². The fourth-order valence-electron chi connectivity index (χ4n) is 3.91. The molecule has 0 spiro atoms. The number of ketones is 1. The second-order valence-corrected chi connectivity index (χ2v) is 8.44. The predicted molar refractivity (Wildman–Crippen MR) is 65.5 cm³/mol. The maximum absolute atomic E-state index is 11.5. The summed E-state index contributed by atoms with van der Waals surface area (Å²) in [6, 6.07) is 0. The normalized spacial score (nSPS) is 36.5. The lowest BCUT2D eigenvalue weighted by molar-refractivity contribution is -0.122. The molecular formula is C12H22O4Si. The highest BCUT2D eigenvalue weighted by Crippen LogP contribution is 2.58. The minimum Gasteiger partial charge on any atom is -0.377 e. The Kier molecular flexibility index (Phi) is 3.73. The van der Waals surface area contributed by atoms with E-state index in [2.05, 4.69) is 0 Å². The van der Waals surface area contributed by atoms with E-state index < -0.39 is 8.80 Å². The van der Waals surface area contributed by atoms with Gasteiger partial charge in [0, 0.05) is 32.8 Å². The zero-order chi connectivity index (χ0) is 12.6. The molecule has 2 aliphatic rings. The van der Waals surface area contributed by atoms with E-state index in [0.29, 0.717) is 23.2 Å². The van der Waals surface area contributed by atoms with Gasteiger partial charge in [0.05, 0.1) is 0 Å². The number of hydrogen-bond donors (Lipinski definition) is 0. The van der Waals surface area contributed by atoms with Crippen molar-refractivity contribution in [2.75, 3.05) is 21.3 Å². The van der Waals surface area contributed by atoms with E-state index in [4.69, 9.17) is 13.3 Å². The molecule has 0 saturated heterocycles. The first kappa shape index (κ1) is 13.2. The quantitative estimate of drug-likeness (QED) is 0.706. The van der Waals surface area contributed by atoms with Gasteiger partial charge in [0.1, 0.15) is 5.78 Å². The van der Waals surface area contributed by atoms with Crippen LogP contribution in [0.2, 0.25) is 5.54 Å². The van der Waals surface area contributed by atoms with Crippen molar-refractivity contribution in [3.8, 4) is 0 Å². The lowest BCUT2D eigenvalue weighted by atomic mass is 9.86. The van der Waals surface area contributed by atoms with Gasteiger partial charge in [-0.05, 0) is 38.0 Å². The molecular weight excluding hydrogens is 236 g/mol. The van der Waals surface area contributed by atoms with Crippen molar-refractivity contribution in [2.24, 2.45) is 17.8 Å². The van der Waals surface area contributed by atoms with Crippen molar-refractivity contribution in [1.82, 2.24) is 0 Å². The number of rotatable bonds is 5. The van der Waals surface area contributed by atoms with Crippen molar-refractivity contribution < 1.29 is 18.1 Å². The third-order valence-electron chi connectivity index (χ3n) is 4.69. The number of hydrogen-bond acceptors (Lipinski definition) is 4. The molecule has 5 heteroatoms. The maximum Gasteiger partial charge on any atom is 0.503 e. The van der Waals surface area contributed by atoms with Gasteiger partial charge in [-0.25, -0.2) is 0 Å². The molecule has 2 fully saturated rings. The summed E-state index contributed by atoms with van der Waals surface area (Å²) in [5.41, 5.74) is 0.378. The SMILES string of the molecule is CO[Si](OC)(OC)C1CC2CC1CC2C(C)=O. The van der Waals surface area contributed by atoms with Crippen molar-refractivity contribution >= 4 is 14.6 Å². The van der Waals surface area contributed by atoms with Gasteiger partial charge in [-0.2, -0.15) is 0 Å².